The fourth-order valence-electron chi connectivity index (χ4n) is 3.54. The van der Waals surface area contributed by atoms with E-state index in [4.69, 9.17) is 5.11 Å². The number of carboxylic acid groups (broad SMARTS) is 1. The van der Waals surface area contributed by atoms with Gasteiger partial charge in [-0.1, -0.05) is 60.7 Å². The summed E-state index contributed by atoms with van der Waals surface area (Å²) in [6, 6.07) is 12.5. The molecule has 3 N–H and O–H groups in total. The zero-order valence-electron chi connectivity index (χ0n) is 17.0. The monoisotopic (exact) mass is 467 g/mol. The summed E-state index contributed by atoms with van der Waals surface area (Å²) in [5, 5.41) is 21.5. The molecule has 2 bridgehead atoms. The van der Waals surface area contributed by atoms with Crippen LogP contribution in [-0.4, -0.2) is 30.4 Å². The van der Waals surface area contributed by atoms with E-state index in [0.29, 0.717) is 28.2 Å². The van der Waals surface area contributed by atoms with Crippen LogP contribution >= 0.6 is 11.8 Å². The van der Waals surface area contributed by atoms with Crippen molar-refractivity contribution in [3.63, 3.8) is 0 Å². The molecule has 0 saturated heterocycles. The number of allylic oxidation sites excluding steroid dienone is 8. The minimum Gasteiger partial charge on any atom is -0.507 e. The second kappa shape index (κ2) is 9.10. The van der Waals surface area contributed by atoms with Gasteiger partial charge in [0.2, 0.25) is 0 Å². The largest absolute Gasteiger partial charge is 0.507 e. The minimum absolute atomic E-state index is 0.0430. The van der Waals surface area contributed by atoms with E-state index < -0.39 is 16.0 Å². The van der Waals surface area contributed by atoms with Crippen LogP contribution in [-0.2, 0) is 14.8 Å². The van der Waals surface area contributed by atoms with Crippen LogP contribution in [0.1, 0.15) is 12.8 Å². The van der Waals surface area contributed by atoms with Gasteiger partial charge in [0.05, 0.1) is 10.6 Å². The average Bonchev–Trinajstić information content (AvgIpc) is 3.04. The number of rotatable bonds is 6. The Hall–Kier alpha value is -3.23. The molecular weight excluding hydrogens is 446 g/mol. The number of aliphatic carboxylic acids is 1. The van der Waals surface area contributed by atoms with Gasteiger partial charge in [0, 0.05) is 23.4 Å². The van der Waals surface area contributed by atoms with E-state index in [1.54, 1.807) is 48.6 Å². The predicted octanol–water partition coefficient (Wildman–Crippen LogP) is 4.81. The van der Waals surface area contributed by atoms with Gasteiger partial charge in [0.25, 0.3) is 10.0 Å². The first-order valence-corrected chi connectivity index (χ1v) is 12.4. The van der Waals surface area contributed by atoms with Gasteiger partial charge in [-0.05, 0) is 34.1 Å². The van der Waals surface area contributed by atoms with Crippen molar-refractivity contribution in [1.82, 2.24) is 4.72 Å². The first kappa shape index (κ1) is 22.0. The van der Waals surface area contributed by atoms with E-state index in [-0.39, 0.29) is 22.8 Å². The van der Waals surface area contributed by atoms with Gasteiger partial charge in [-0.3, -0.25) is 9.52 Å². The molecule has 164 valence electrons. The summed E-state index contributed by atoms with van der Waals surface area (Å²) < 4.78 is 29.1. The summed E-state index contributed by atoms with van der Waals surface area (Å²) in [5.41, 5.74) is 1.73. The standard InChI is InChI=1S/C24H21NO5S2/c26-23(27)15-31-22-12-11-21(18-7-3-4-8-19(13-18)24(22)28)25-32(29,30)20-10-9-16-5-1-2-6-17(16)14-20/h1-11,14,25,28H,12-13,15H2,(H,26,27)/b21-11+,24-22-. The van der Waals surface area contributed by atoms with Gasteiger partial charge in [-0.2, -0.15) is 0 Å². The molecular formula is C24H21NO5S2. The highest BCUT2D eigenvalue weighted by molar-refractivity contribution is 8.03. The van der Waals surface area contributed by atoms with Crippen LogP contribution in [0.3, 0.4) is 0 Å². The van der Waals surface area contributed by atoms with E-state index in [9.17, 15) is 18.3 Å². The SMILES string of the molecule is O=C(O)CS/C1=C(\O)C2=CC=CC=C(C2)/C(NS(=O)(=O)c2ccc3ccccc3c2)=C\C1. The number of sulfonamides is 1. The van der Waals surface area contributed by atoms with Crippen molar-refractivity contribution in [2.75, 3.05) is 5.75 Å². The molecule has 2 aliphatic carbocycles. The summed E-state index contributed by atoms with van der Waals surface area (Å²) in [6.45, 7) is 0. The van der Waals surface area contributed by atoms with Gasteiger partial charge < -0.3 is 10.2 Å². The number of carbonyl (C=O) groups is 1. The molecule has 0 unspecified atom stereocenters. The minimum atomic E-state index is -3.87. The molecule has 6 nitrogen and oxygen atoms in total. The van der Waals surface area contributed by atoms with Crippen LogP contribution in [0.15, 0.2) is 105 Å². The molecule has 4 rings (SSSR count). The summed E-state index contributed by atoms with van der Waals surface area (Å²) in [5.74, 6) is -1.15. The lowest BCUT2D eigenvalue weighted by atomic mass is 9.98. The predicted molar refractivity (Wildman–Crippen MR) is 127 cm³/mol. The van der Waals surface area contributed by atoms with Crippen molar-refractivity contribution in [2.45, 2.75) is 17.7 Å². The van der Waals surface area contributed by atoms with E-state index in [1.807, 2.05) is 24.3 Å². The number of hydrogen-bond donors (Lipinski definition) is 3. The molecule has 2 aliphatic rings. The summed E-state index contributed by atoms with van der Waals surface area (Å²) in [4.78, 5) is 11.6. The Balaban J connectivity index is 1.69. The van der Waals surface area contributed by atoms with Crippen molar-refractivity contribution >= 4 is 38.5 Å². The third-order valence-corrected chi connectivity index (χ3v) is 7.60. The molecule has 0 spiro atoms. The Bertz CT molecular complexity index is 1350. The Labute approximate surface area is 190 Å². The molecule has 0 fully saturated rings. The van der Waals surface area contributed by atoms with Crippen LogP contribution in [0.25, 0.3) is 10.8 Å². The normalized spacial score (nSPS) is 20.3. The Kier molecular flexibility index (Phi) is 6.25. The number of nitrogens with one attached hydrogen (secondary N) is 1. The molecule has 0 heterocycles. The summed E-state index contributed by atoms with van der Waals surface area (Å²) >= 11 is 1.03. The maximum absolute atomic E-state index is 13.2. The quantitative estimate of drug-likeness (QED) is 0.564. The second-order valence-corrected chi connectivity index (χ2v) is 10.1. The molecule has 0 saturated carbocycles. The Morgan fingerprint density at radius 1 is 1.03 bits per heavy atom. The number of carboxylic acids is 1. The molecule has 0 atom stereocenters. The van der Waals surface area contributed by atoms with Crippen molar-refractivity contribution in [3.05, 3.63) is 100 Å². The lowest BCUT2D eigenvalue weighted by molar-refractivity contribution is -0.133. The third-order valence-electron chi connectivity index (χ3n) is 5.14. The van der Waals surface area contributed by atoms with Gasteiger partial charge >= 0.3 is 5.97 Å². The molecule has 2 aromatic rings. The number of fused-ring (bicyclic) bond motifs is 3. The summed E-state index contributed by atoms with van der Waals surface area (Å²) in [6.07, 6.45) is 9.29. The fourth-order valence-corrected chi connectivity index (χ4v) is 5.46. The maximum Gasteiger partial charge on any atom is 0.313 e. The third kappa shape index (κ3) is 4.81. The maximum atomic E-state index is 13.2. The van der Waals surface area contributed by atoms with Crippen LogP contribution < -0.4 is 4.72 Å². The van der Waals surface area contributed by atoms with Crippen LogP contribution in [0.5, 0.6) is 0 Å². The van der Waals surface area contributed by atoms with Crippen molar-refractivity contribution in [1.29, 1.82) is 0 Å². The Morgan fingerprint density at radius 3 is 2.50 bits per heavy atom. The number of hydrogen-bond acceptors (Lipinski definition) is 5. The molecule has 0 amide bonds. The highest BCUT2D eigenvalue weighted by Gasteiger charge is 2.23. The first-order valence-electron chi connectivity index (χ1n) is 9.89. The zero-order valence-corrected chi connectivity index (χ0v) is 18.6. The number of benzene rings is 2. The second-order valence-electron chi connectivity index (χ2n) is 7.34. The zero-order chi connectivity index (χ0) is 22.7. The number of aliphatic hydroxyl groups excluding tert-OH is 1. The molecule has 8 heteroatoms. The Morgan fingerprint density at radius 2 is 1.75 bits per heavy atom. The smallest absolute Gasteiger partial charge is 0.313 e. The van der Waals surface area contributed by atoms with Crippen molar-refractivity contribution in [2.24, 2.45) is 0 Å². The highest BCUT2D eigenvalue weighted by atomic mass is 32.2. The lowest BCUT2D eigenvalue weighted by Gasteiger charge is -2.20. The van der Waals surface area contributed by atoms with E-state index >= 15 is 0 Å². The van der Waals surface area contributed by atoms with Gasteiger partial charge in [0.1, 0.15) is 5.76 Å². The van der Waals surface area contributed by atoms with E-state index in [2.05, 4.69) is 4.72 Å². The van der Waals surface area contributed by atoms with E-state index in [0.717, 1.165) is 22.5 Å². The number of aliphatic hydroxyl groups is 1. The topological polar surface area (TPSA) is 104 Å². The summed E-state index contributed by atoms with van der Waals surface area (Å²) in [7, 11) is -3.87. The first-order chi connectivity index (χ1) is 15.3. The van der Waals surface area contributed by atoms with Crippen LogP contribution in [0.2, 0.25) is 0 Å². The van der Waals surface area contributed by atoms with Gasteiger partial charge in [-0.15, -0.1) is 11.8 Å². The molecule has 0 radical (unpaired) electrons. The molecule has 2 aromatic carbocycles. The molecule has 0 aliphatic heterocycles. The van der Waals surface area contributed by atoms with Crippen molar-refractivity contribution in [3.8, 4) is 0 Å². The number of thioether (sulfide) groups is 1. The van der Waals surface area contributed by atoms with Crippen molar-refractivity contribution < 1.29 is 23.4 Å². The average molecular weight is 468 g/mol. The molecule has 0 aromatic heterocycles. The van der Waals surface area contributed by atoms with Gasteiger partial charge in [-0.25, -0.2) is 8.42 Å². The lowest BCUT2D eigenvalue weighted by Crippen LogP contribution is -2.25. The van der Waals surface area contributed by atoms with Gasteiger partial charge in [0.15, 0.2) is 0 Å². The van der Waals surface area contributed by atoms with Crippen LogP contribution in [0.4, 0.5) is 0 Å². The van der Waals surface area contributed by atoms with Crippen LogP contribution in [0, 0.1) is 0 Å². The molecule has 32 heavy (non-hydrogen) atoms. The fraction of sp³-hybridized carbons (Fsp3) is 0.125. The highest BCUT2D eigenvalue weighted by Crippen LogP contribution is 2.35. The van der Waals surface area contributed by atoms with E-state index in [1.165, 1.54) is 0 Å².